The van der Waals surface area contributed by atoms with Gasteiger partial charge in [0.05, 0.1) is 25.3 Å². The number of hydrogen-bond donors (Lipinski definition) is 21. The van der Waals surface area contributed by atoms with Gasteiger partial charge in [-0.25, -0.2) is 0 Å². The number of amides is 13. The number of aliphatic hydroxyl groups is 1. The summed E-state index contributed by atoms with van der Waals surface area (Å²) in [5.41, 5.74) is 20.2. The van der Waals surface area contributed by atoms with E-state index in [0.29, 0.717) is 44.9 Å². The van der Waals surface area contributed by atoms with Crippen molar-refractivity contribution in [1.82, 2.24) is 79.1 Å². The van der Waals surface area contributed by atoms with Crippen molar-refractivity contribution < 1.29 is 77.3 Å². The number of H-pyrrole nitrogens is 2. The summed E-state index contributed by atoms with van der Waals surface area (Å²) in [5, 5.41) is 65.1. The Morgan fingerprint density at radius 3 is 1.53 bits per heavy atom. The number of unbranched alkanes of at least 4 members (excludes halogenated alkanes) is 1. The molecule has 0 spiro atoms. The number of aliphatic hydroxyl groups excluding tert-OH is 1. The summed E-state index contributed by atoms with van der Waals surface area (Å²) in [7, 11) is 0. The van der Waals surface area contributed by atoms with Crippen molar-refractivity contribution in [1.29, 1.82) is 5.41 Å². The van der Waals surface area contributed by atoms with Crippen molar-refractivity contribution >= 4 is 133 Å². The molecule has 1 fully saturated rings. The lowest BCUT2D eigenvalue weighted by atomic mass is 9.96. The number of carbonyl (C=O) groups is 14. The number of aromatic amines is 2. The fraction of sp³-hybridized carbons (Fsp3) is 0.468. The van der Waals surface area contributed by atoms with E-state index in [4.69, 9.17) is 22.6 Å². The van der Waals surface area contributed by atoms with E-state index in [0.717, 1.165) is 22.5 Å². The van der Waals surface area contributed by atoms with Gasteiger partial charge in [-0.15, -0.1) is 11.8 Å². The molecular formula is C77H105N19O16S. The van der Waals surface area contributed by atoms with Crippen LogP contribution in [0.4, 0.5) is 0 Å². The maximum Gasteiger partial charge on any atom is 0.305 e. The topological polar surface area (TPSA) is 569 Å². The molecule has 12 atom stereocenters. The first kappa shape index (κ1) is 88.6. The van der Waals surface area contributed by atoms with Crippen LogP contribution in [0.25, 0.3) is 32.6 Å². The summed E-state index contributed by atoms with van der Waals surface area (Å²) in [6.07, 6.45) is 2.06. The monoisotopic (exact) mass is 1580 g/mol. The van der Waals surface area contributed by atoms with Gasteiger partial charge in [-0.1, -0.05) is 127 Å². The Morgan fingerprint density at radius 1 is 0.522 bits per heavy atom. The highest BCUT2D eigenvalue weighted by atomic mass is 32.2. The minimum absolute atomic E-state index is 0.000984. The third-order valence-electron chi connectivity index (χ3n) is 19.3. The molecule has 36 heteroatoms. The minimum atomic E-state index is -1.99. The smallest absolute Gasteiger partial charge is 0.305 e. The van der Waals surface area contributed by atoms with E-state index in [2.05, 4.69) is 79.1 Å². The number of aromatic nitrogens is 2. The van der Waals surface area contributed by atoms with Gasteiger partial charge in [-0.3, -0.25) is 72.5 Å². The molecule has 13 amide bonds. The number of hydrogen-bond acceptors (Lipinski definition) is 18. The zero-order valence-corrected chi connectivity index (χ0v) is 64.8. The summed E-state index contributed by atoms with van der Waals surface area (Å²) in [4.78, 5) is 207. The lowest BCUT2D eigenvalue weighted by molar-refractivity contribution is -0.141. The van der Waals surface area contributed by atoms with Gasteiger partial charge in [0.25, 0.3) is 0 Å². The van der Waals surface area contributed by atoms with Crippen LogP contribution in [0.15, 0.2) is 103 Å². The van der Waals surface area contributed by atoms with Gasteiger partial charge >= 0.3 is 5.97 Å². The fourth-order valence-electron chi connectivity index (χ4n) is 12.8. The van der Waals surface area contributed by atoms with Gasteiger partial charge in [0.15, 0.2) is 5.96 Å². The van der Waals surface area contributed by atoms with Crippen LogP contribution in [0.3, 0.4) is 0 Å². The molecule has 1 saturated heterocycles. The molecule has 7 rings (SSSR count). The standard InChI is InChI=1S/C77H105N19O16S/c1-7-42(6)65-76(112)92-58(37-97)67(103)85-36-60(98)86-52(24-16-28-82-77(80)81)68(104)91-57(33-62(100)101)70(106)90-56(32-47-35-84-51-22-13-11-20-49(47)51)73(109)94-63(40(2)3)74(110)88-53(23-14-15-27-78)69(105)89-55(31-46-34-83-50-21-12-10-19-48(46)50)72(108)95-64(41(4)5)75(111)93-59(66(79)102)38-113-39-61(99)87-54(71(107)96-65)30-43-25-26-44-17-8-9-18-45(44)29-43/h8-13,17-22,25-26,29,34-35,40-42,52-59,63-65,83-84,97H,7,14-16,23-24,27-28,30-33,36-39,78H2,1-6H3,(H2,79,102)(H,85,103)(H,86,98)(H,87,99)(H,88,110)(H,89,105)(H,90,106)(H,91,104)(H,92,112)(H,93,111)(H,94,109)(H,95,108)(H,96,107)(H,100,101)(H4,80,81,82)/t42-,52-,53-,54-,55-,56-,57-,58-,59-,63-,64-,65-/m0/s1. The number of aliphatic carboxylic acids is 1. The van der Waals surface area contributed by atoms with Gasteiger partial charge in [-0.05, 0) is 96.0 Å². The number of carboxylic acids is 1. The highest BCUT2D eigenvalue weighted by molar-refractivity contribution is 8.00. The number of carboxylic acid groups (broad SMARTS) is 1. The summed E-state index contributed by atoms with van der Waals surface area (Å²) in [6.45, 7) is 7.95. The normalized spacial score (nSPS) is 23.1. The fourth-order valence-corrected chi connectivity index (χ4v) is 13.6. The third kappa shape index (κ3) is 26.5. The summed E-state index contributed by atoms with van der Waals surface area (Å²) >= 11 is 0.862. The van der Waals surface area contributed by atoms with Crippen LogP contribution in [-0.2, 0) is 86.4 Å². The summed E-state index contributed by atoms with van der Waals surface area (Å²) in [6, 6.07) is 9.74. The average Bonchev–Trinajstić information content (AvgIpc) is 1.76. The number of benzene rings is 4. The predicted molar refractivity (Wildman–Crippen MR) is 423 cm³/mol. The number of primary amides is 1. The second-order valence-electron chi connectivity index (χ2n) is 28.6. The van der Waals surface area contributed by atoms with E-state index >= 15 is 14.4 Å². The Balaban J connectivity index is 1.26. The van der Waals surface area contributed by atoms with Crippen LogP contribution in [0.5, 0.6) is 0 Å². The van der Waals surface area contributed by atoms with Crippen LogP contribution < -0.4 is 86.3 Å². The Bertz CT molecular complexity index is 4400. The largest absolute Gasteiger partial charge is 0.481 e. The molecule has 24 N–H and O–H groups in total. The van der Waals surface area contributed by atoms with Crippen molar-refractivity contribution in [3.8, 4) is 0 Å². The van der Waals surface area contributed by atoms with Gasteiger partial charge in [0, 0.05) is 65.8 Å². The molecule has 2 aromatic heterocycles. The molecule has 4 aromatic carbocycles. The predicted octanol–water partition coefficient (Wildman–Crippen LogP) is -1.27. The van der Waals surface area contributed by atoms with Crippen molar-refractivity contribution in [2.24, 2.45) is 35.0 Å². The van der Waals surface area contributed by atoms with Crippen molar-refractivity contribution in [2.75, 3.05) is 37.7 Å². The number of guanidine groups is 1. The van der Waals surface area contributed by atoms with Gasteiger partial charge in [0.1, 0.15) is 66.5 Å². The number of para-hydroxylation sites is 2. The SMILES string of the molecule is CC[C@H](C)[C@@H]1NC(=O)[C@H](Cc2ccc3ccccc3c2)NC(=O)CSC[C@@H](C(N)=O)NC(=O)[C@H](C(C)C)NC(=O)[C@H](Cc2c[nH]c3ccccc23)NC(=O)[C@H](CCCCN)NC(=O)[C@H](C(C)C)NC(=O)[C@H](Cc2c[nH]c3ccccc23)NC(=O)[C@H](CC(=O)O)NC(=O)[C@H](CCCNC(=N)N)NC(=O)CNC(=O)[C@H](CO)NC1=O. The number of rotatable bonds is 22. The molecule has 0 radical (unpaired) electrons. The molecule has 113 heavy (non-hydrogen) atoms. The molecule has 35 nitrogen and oxygen atoms in total. The molecule has 1 aliphatic heterocycles. The van der Waals surface area contributed by atoms with Crippen LogP contribution in [-0.4, -0.2) is 213 Å². The van der Waals surface area contributed by atoms with Crippen LogP contribution >= 0.6 is 11.8 Å². The quantitative estimate of drug-likeness (QED) is 0.0214. The highest BCUT2D eigenvalue weighted by Gasteiger charge is 2.39. The van der Waals surface area contributed by atoms with Crippen molar-refractivity contribution in [3.05, 3.63) is 120 Å². The zero-order chi connectivity index (χ0) is 82.6. The molecule has 6 aromatic rings. The Morgan fingerprint density at radius 2 is 0.991 bits per heavy atom. The summed E-state index contributed by atoms with van der Waals surface area (Å²) in [5.74, 6) is -17.5. The van der Waals surface area contributed by atoms with E-state index < -0.39 is 198 Å². The highest BCUT2D eigenvalue weighted by Crippen LogP contribution is 2.24. The second kappa shape index (κ2) is 43.2. The first-order valence-corrected chi connectivity index (χ1v) is 38.7. The van der Waals surface area contributed by atoms with Crippen LogP contribution in [0.1, 0.15) is 103 Å². The van der Waals surface area contributed by atoms with Gasteiger partial charge in [-0.2, -0.15) is 0 Å². The molecular weight excluding hydrogens is 1480 g/mol. The van der Waals surface area contributed by atoms with E-state index in [1.54, 1.807) is 109 Å². The number of nitrogens with one attached hydrogen (secondary N) is 16. The number of nitrogens with two attached hydrogens (primary N) is 3. The van der Waals surface area contributed by atoms with Gasteiger partial charge in [0.2, 0.25) is 76.8 Å². The maximum absolute atomic E-state index is 15.0. The van der Waals surface area contributed by atoms with Crippen molar-refractivity contribution in [2.45, 2.75) is 172 Å². The number of carbonyl (C=O) groups excluding carboxylic acids is 13. The van der Waals surface area contributed by atoms with E-state index in [9.17, 15) is 63.0 Å². The molecule has 0 unspecified atom stereocenters. The van der Waals surface area contributed by atoms with Crippen LogP contribution in [0, 0.1) is 23.2 Å². The molecule has 3 heterocycles. The van der Waals surface area contributed by atoms with Crippen LogP contribution in [0.2, 0.25) is 0 Å². The number of thioether (sulfide) groups is 1. The Kier molecular flexibility index (Phi) is 33.9. The molecule has 0 bridgehead atoms. The average molecular weight is 1580 g/mol. The minimum Gasteiger partial charge on any atom is -0.481 e. The first-order chi connectivity index (χ1) is 53.9. The lowest BCUT2D eigenvalue weighted by Gasteiger charge is -2.29. The lowest BCUT2D eigenvalue weighted by Crippen LogP contribution is -2.62. The van der Waals surface area contributed by atoms with E-state index in [1.807, 2.05) is 36.4 Å². The molecule has 0 saturated carbocycles. The molecule has 0 aliphatic carbocycles. The van der Waals surface area contributed by atoms with E-state index in [1.165, 1.54) is 0 Å². The molecule has 1 aliphatic rings. The first-order valence-electron chi connectivity index (χ1n) is 37.5. The third-order valence-corrected chi connectivity index (χ3v) is 20.3. The van der Waals surface area contributed by atoms with E-state index in [-0.39, 0.29) is 70.2 Å². The maximum atomic E-state index is 15.0. The Labute approximate surface area is 656 Å². The zero-order valence-electron chi connectivity index (χ0n) is 64.0. The summed E-state index contributed by atoms with van der Waals surface area (Å²) < 4.78 is 0. The molecule has 610 valence electrons. The Hall–Kier alpha value is -11.7. The van der Waals surface area contributed by atoms with Gasteiger partial charge < -0.3 is 107 Å². The van der Waals surface area contributed by atoms with Crippen molar-refractivity contribution in [3.63, 3.8) is 0 Å². The second-order valence-corrected chi connectivity index (χ2v) is 29.7. The number of fused-ring (bicyclic) bond motifs is 3.